The van der Waals surface area contributed by atoms with Crippen molar-refractivity contribution in [2.45, 2.75) is 33.1 Å². The first-order chi connectivity index (χ1) is 12.2. The van der Waals surface area contributed by atoms with Crippen LogP contribution in [0.2, 0.25) is 5.02 Å². The zero-order valence-corrected chi connectivity index (χ0v) is 16.5. The van der Waals surface area contributed by atoms with Gasteiger partial charge in [0.05, 0.1) is 23.4 Å². The van der Waals surface area contributed by atoms with Crippen LogP contribution in [0.4, 0.5) is 0 Å². The van der Waals surface area contributed by atoms with Crippen LogP contribution >= 0.6 is 11.6 Å². The number of hydrogen-bond acceptors (Lipinski definition) is 3. The fourth-order valence-corrected chi connectivity index (χ4v) is 2.71. The van der Waals surface area contributed by atoms with Gasteiger partial charge in [0.1, 0.15) is 5.76 Å². The lowest BCUT2D eigenvalue weighted by Gasteiger charge is -2.21. The highest BCUT2D eigenvalue weighted by Crippen LogP contribution is 2.32. The Bertz CT molecular complexity index is 929. The molecule has 0 radical (unpaired) electrons. The van der Waals surface area contributed by atoms with Gasteiger partial charge in [-0.05, 0) is 37.6 Å². The topological polar surface area (TPSA) is 55.2 Å². The summed E-state index contributed by atoms with van der Waals surface area (Å²) in [5, 5.41) is 0.651. The van der Waals surface area contributed by atoms with Crippen molar-refractivity contribution in [3.05, 3.63) is 74.4 Å². The van der Waals surface area contributed by atoms with Crippen molar-refractivity contribution in [3.8, 4) is 5.95 Å². The number of nitrogens with one attached hydrogen (secondary N) is 1. The summed E-state index contributed by atoms with van der Waals surface area (Å²) in [7, 11) is 1.49. The molecule has 5 heteroatoms. The van der Waals surface area contributed by atoms with Crippen LogP contribution in [0.1, 0.15) is 43.4 Å². The molecule has 26 heavy (non-hydrogen) atoms. The second kappa shape index (κ2) is 7.83. The van der Waals surface area contributed by atoms with Crippen LogP contribution in [0, 0.1) is 6.92 Å². The van der Waals surface area contributed by atoms with Crippen molar-refractivity contribution in [2.24, 2.45) is 0 Å². The molecule has 2 heterocycles. The molecule has 0 unspecified atom stereocenters. The minimum Gasteiger partial charge on any atom is -0.468 e. The Morgan fingerprint density at radius 1 is 1.42 bits per heavy atom. The molecule has 2 aromatic rings. The molecule has 4 nitrogen and oxygen atoms in total. The number of methoxy groups -OCH3 is 1. The van der Waals surface area contributed by atoms with Crippen molar-refractivity contribution >= 4 is 23.8 Å². The van der Waals surface area contributed by atoms with Gasteiger partial charge in [0.2, 0.25) is 0 Å². The first kappa shape index (κ1) is 19.9. The van der Waals surface area contributed by atoms with Gasteiger partial charge in [0, 0.05) is 17.2 Å². The standard InChI is InChI=1S/C21H24ClNO3/c1-7-21(4,5)18-19(24)14(3)17(26-20(18)25-6)9-8-13(2)12-16-15(22)10-11-23-16/h7-12,23H,1H2,2-6H3. The van der Waals surface area contributed by atoms with E-state index in [9.17, 15) is 4.79 Å². The Morgan fingerprint density at radius 3 is 2.65 bits per heavy atom. The van der Waals surface area contributed by atoms with Crippen LogP contribution < -0.4 is 10.2 Å². The van der Waals surface area contributed by atoms with Gasteiger partial charge in [-0.25, -0.2) is 0 Å². The van der Waals surface area contributed by atoms with Gasteiger partial charge < -0.3 is 14.1 Å². The maximum absolute atomic E-state index is 12.9. The van der Waals surface area contributed by atoms with Gasteiger partial charge in [-0.1, -0.05) is 37.6 Å². The molecule has 0 bridgehead atoms. The van der Waals surface area contributed by atoms with Crippen molar-refractivity contribution in [1.29, 1.82) is 0 Å². The van der Waals surface area contributed by atoms with Crippen LogP contribution in [-0.2, 0) is 5.41 Å². The third-order valence-electron chi connectivity index (χ3n) is 4.28. The fourth-order valence-electron chi connectivity index (χ4n) is 2.54. The molecule has 0 aliphatic heterocycles. The minimum absolute atomic E-state index is 0.105. The van der Waals surface area contributed by atoms with Crippen molar-refractivity contribution in [2.75, 3.05) is 7.11 Å². The molecule has 0 amide bonds. The number of allylic oxidation sites excluding steroid dienone is 3. The predicted molar refractivity (Wildman–Crippen MR) is 108 cm³/mol. The SMILES string of the molecule is C=CC(C)(C)c1c(OC)oc(C=CC(C)=Cc2[nH]ccc2Cl)c(C)c1=O. The largest absolute Gasteiger partial charge is 0.468 e. The molecule has 0 fully saturated rings. The summed E-state index contributed by atoms with van der Waals surface area (Å²) in [6, 6.07) is 1.79. The predicted octanol–water partition coefficient (Wildman–Crippen LogP) is 5.52. The molecule has 0 saturated heterocycles. The fraction of sp³-hybridized carbons (Fsp3) is 0.286. The number of ether oxygens (including phenoxy) is 1. The third kappa shape index (κ3) is 4.02. The molecule has 1 N–H and O–H groups in total. The number of H-pyrrole nitrogens is 1. The van der Waals surface area contributed by atoms with Crippen LogP contribution in [-0.4, -0.2) is 12.1 Å². The van der Waals surface area contributed by atoms with Crippen LogP contribution in [0.25, 0.3) is 12.2 Å². The summed E-state index contributed by atoms with van der Waals surface area (Å²) in [5.41, 5.74) is 2.11. The average Bonchev–Trinajstić information content (AvgIpc) is 3.00. The van der Waals surface area contributed by atoms with Gasteiger partial charge >= 0.3 is 0 Å². The van der Waals surface area contributed by atoms with E-state index >= 15 is 0 Å². The summed E-state index contributed by atoms with van der Waals surface area (Å²) >= 11 is 6.08. The number of aromatic amines is 1. The molecule has 2 rings (SSSR count). The zero-order valence-electron chi connectivity index (χ0n) is 15.8. The smallest absolute Gasteiger partial charge is 0.292 e. The molecule has 0 aliphatic rings. The molecule has 0 spiro atoms. The molecule has 138 valence electrons. The van der Waals surface area contributed by atoms with Crippen molar-refractivity contribution < 1.29 is 9.15 Å². The molecule has 0 atom stereocenters. The van der Waals surface area contributed by atoms with Gasteiger partial charge in [-0.3, -0.25) is 4.79 Å². The van der Waals surface area contributed by atoms with Crippen LogP contribution in [0.15, 0.2) is 45.8 Å². The van der Waals surface area contributed by atoms with Gasteiger partial charge in [0.25, 0.3) is 5.95 Å². The highest BCUT2D eigenvalue weighted by molar-refractivity contribution is 6.31. The first-order valence-electron chi connectivity index (χ1n) is 8.26. The average molecular weight is 374 g/mol. The second-order valence-corrected chi connectivity index (χ2v) is 7.08. The second-order valence-electron chi connectivity index (χ2n) is 6.67. The van der Waals surface area contributed by atoms with E-state index in [2.05, 4.69) is 11.6 Å². The number of hydrogen-bond donors (Lipinski definition) is 1. The van der Waals surface area contributed by atoms with E-state index in [1.165, 1.54) is 7.11 Å². The molecule has 0 saturated carbocycles. The molecular weight excluding hydrogens is 350 g/mol. The summed E-state index contributed by atoms with van der Waals surface area (Å²) in [6.45, 7) is 11.3. The van der Waals surface area contributed by atoms with Gasteiger partial charge in [-0.2, -0.15) is 0 Å². The molecule has 0 aliphatic carbocycles. The van der Waals surface area contributed by atoms with E-state index in [1.807, 2.05) is 32.9 Å². The molecule has 2 aromatic heterocycles. The Labute approximate surface area is 158 Å². The van der Waals surface area contributed by atoms with Crippen molar-refractivity contribution in [1.82, 2.24) is 4.98 Å². The van der Waals surface area contributed by atoms with Crippen LogP contribution in [0.5, 0.6) is 5.95 Å². The van der Waals surface area contributed by atoms with E-state index < -0.39 is 5.41 Å². The van der Waals surface area contributed by atoms with Crippen LogP contribution in [0.3, 0.4) is 0 Å². The highest BCUT2D eigenvalue weighted by atomic mass is 35.5. The normalized spacial score (nSPS) is 12.6. The summed E-state index contributed by atoms with van der Waals surface area (Å²) in [5.74, 6) is 0.667. The maximum Gasteiger partial charge on any atom is 0.292 e. The Morgan fingerprint density at radius 2 is 2.12 bits per heavy atom. The first-order valence-corrected chi connectivity index (χ1v) is 8.64. The van der Waals surface area contributed by atoms with E-state index in [4.69, 9.17) is 20.8 Å². The number of rotatable bonds is 6. The van der Waals surface area contributed by atoms with Gasteiger partial charge in [-0.15, -0.1) is 6.58 Å². The summed E-state index contributed by atoms with van der Waals surface area (Å²) in [6.07, 6.45) is 9.02. The third-order valence-corrected chi connectivity index (χ3v) is 4.61. The summed E-state index contributed by atoms with van der Waals surface area (Å²) in [4.78, 5) is 15.9. The van der Waals surface area contributed by atoms with E-state index in [0.29, 0.717) is 21.9 Å². The Hall–Kier alpha value is -2.46. The zero-order chi connectivity index (χ0) is 19.5. The van der Waals surface area contributed by atoms with Crippen molar-refractivity contribution in [3.63, 3.8) is 0 Å². The quantitative estimate of drug-likeness (QED) is 0.535. The monoisotopic (exact) mass is 373 g/mol. The number of aromatic nitrogens is 1. The van der Waals surface area contributed by atoms with Gasteiger partial charge in [0.15, 0.2) is 5.43 Å². The lowest BCUT2D eigenvalue weighted by atomic mass is 9.84. The Balaban J connectivity index is 2.47. The minimum atomic E-state index is -0.556. The highest BCUT2D eigenvalue weighted by Gasteiger charge is 2.28. The molecular formula is C21H24ClNO3. The lowest BCUT2D eigenvalue weighted by molar-refractivity contribution is 0.281. The number of halogens is 1. The lowest BCUT2D eigenvalue weighted by Crippen LogP contribution is -2.26. The Kier molecular flexibility index (Phi) is 5.98. The summed E-state index contributed by atoms with van der Waals surface area (Å²) < 4.78 is 11.2. The van der Waals surface area contributed by atoms with E-state index in [-0.39, 0.29) is 11.4 Å². The molecule has 0 aromatic carbocycles. The maximum atomic E-state index is 12.9. The van der Waals surface area contributed by atoms with E-state index in [1.54, 1.807) is 31.3 Å². The van der Waals surface area contributed by atoms with E-state index in [0.717, 1.165) is 11.3 Å².